The number of anilines is 3. The second-order valence-corrected chi connectivity index (χ2v) is 17.6. The van der Waals surface area contributed by atoms with E-state index in [1.165, 1.54) is 116 Å². The van der Waals surface area contributed by atoms with E-state index in [0.717, 1.165) is 22.3 Å². The van der Waals surface area contributed by atoms with Crippen molar-refractivity contribution in [2.24, 2.45) is 0 Å². The van der Waals surface area contributed by atoms with Gasteiger partial charge in [-0.05, 0) is 163 Å². The van der Waals surface area contributed by atoms with Crippen LogP contribution >= 0.6 is 0 Å². The van der Waals surface area contributed by atoms with Crippen molar-refractivity contribution < 1.29 is 0 Å². The van der Waals surface area contributed by atoms with Crippen LogP contribution in [-0.4, -0.2) is 4.98 Å². The van der Waals surface area contributed by atoms with Crippen LogP contribution in [0.2, 0.25) is 0 Å². The predicted octanol–water partition coefficient (Wildman–Crippen LogP) is 15.9. The molecule has 0 N–H and O–H groups in total. The van der Waals surface area contributed by atoms with Crippen LogP contribution in [0.15, 0.2) is 170 Å². The van der Waals surface area contributed by atoms with Crippen LogP contribution in [0.1, 0.15) is 36.1 Å². The minimum absolute atomic E-state index is 0.168. The third kappa shape index (κ3) is 4.46. The van der Waals surface area contributed by atoms with Crippen molar-refractivity contribution in [1.82, 2.24) is 4.98 Å². The predicted molar refractivity (Wildman–Crippen MR) is 253 cm³/mol. The lowest BCUT2D eigenvalue weighted by Crippen LogP contribution is -2.15. The molecule has 3 aliphatic rings. The van der Waals surface area contributed by atoms with E-state index in [1.807, 2.05) is 12.3 Å². The summed E-state index contributed by atoms with van der Waals surface area (Å²) in [6.45, 7) is 9.15. The Morgan fingerprint density at radius 2 is 0.883 bits per heavy atom. The molecule has 0 unspecified atom stereocenters. The van der Waals surface area contributed by atoms with Gasteiger partial charge in [0.05, 0.1) is 11.2 Å². The van der Waals surface area contributed by atoms with Gasteiger partial charge in [-0.1, -0.05) is 128 Å². The second-order valence-electron chi connectivity index (χ2n) is 17.6. The molecule has 3 aliphatic carbocycles. The van der Waals surface area contributed by atoms with E-state index < -0.39 is 0 Å². The standard InChI is InChI=1S/C58H40N2/c1-33-16-20-36(21-17-33)60(37-22-18-34(2)19-23-37)54-27-26-43-49-32-53-51(30-47(49)41-13-7-15-45(54)56(41)43)50-29-46-40-12-6-11-39-38(44-14-5-9-35-10-8-28-59-57(35)44)24-25-42(55(39)40)48(46)31-52(50)58(53,3)4/h5-32H,1-4H3. The van der Waals surface area contributed by atoms with Crippen LogP contribution in [0, 0.1) is 13.8 Å². The molecule has 0 spiro atoms. The highest BCUT2D eigenvalue weighted by molar-refractivity contribution is 6.22. The van der Waals surface area contributed by atoms with Gasteiger partial charge in [-0.25, -0.2) is 0 Å². The fourth-order valence-electron chi connectivity index (χ4n) is 11.0. The normalized spacial score (nSPS) is 13.5. The third-order valence-electron chi connectivity index (χ3n) is 13.9. The van der Waals surface area contributed by atoms with Gasteiger partial charge in [-0.3, -0.25) is 4.98 Å². The Morgan fingerprint density at radius 3 is 1.52 bits per heavy atom. The summed E-state index contributed by atoms with van der Waals surface area (Å²) in [6.07, 6.45) is 1.90. The SMILES string of the molecule is Cc1ccc(N(c2ccc(C)cc2)c2ccc3c4c(cccc24)-c2cc4c(cc2-3)C(C)(C)c2cc3c(cc2-4)-c2cccc4c(-c5cccc6cccnc56)ccc-3c24)cc1. The zero-order valence-corrected chi connectivity index (χ0v) is 34.1. The molecule has 60 heavy (non-hydrogen) atoms. The van der Waals surface area contributed by atoms with Gasteiger partial charge in [0.25, 0.3) is 0 Å². The molecular weight excluding hydrogens is 725 g/mol. The summed E-state index contributed by atoms with van der Waals surface area (Å²) in [7, 11) is 0. The quantitative estimate of drug-likeness (QED) is 0.177. The number of aryl methyl sites for hydroxylation is 2. The maximum Gasteiger partial charge on any atom is 0.0780 e. The van der Waals surface area contributed by atoms with Gasteiger partial charge in [0.15, 0.2) is 0 Å². The molecule has 282 valence electrons. The van der Waals surface area contributed by atoms with Gasteiger partial charge < -0.3 is 4.90 Å². The zero-order valence-electron chi connectivity index (χ0n) is 34.1. The van der Waals surface area contributed by atoms with E-state index in [0.29, 0.717) is 0 Å². The number of pyridine rings is 1. The van der Waals surface area contributed by atoms with Crippen LogP contribution < -0.4 is 4.90 Å². The summed E-state index contributed by atoms with van der Waals surface area (Å²) >= 11 is 0. The monoisotopic (exact) mass is 764 g/mol. The van der Waals surface area contributed by atoms with E-state index in [4.69, 9.17) is 4.98 Å². The van der Waals surface area contributed by atoms with Crippen molar-refractivity contribution in [1.29, 1.82) is 0 Å². The molecule has 2 heteroatoms. The van der Waals surface area contributed by atoms with Crippen LogP contribution in [0.25, 0.3) is 99.2 Å². The molecule has 0 aliphatic heterocycles. The molecule has 1 aromatic heterocycles. The Morgan fingerprint density at radius 1 is 0.400 bits per heavy atom. The Bertz CT molecular complexity index is 3460. The Kier molecular flexibility index (Phi) is 6.68. The number of hydrogen-bond donors (Lipinski definition) is 0. The molecule has 10 aromatic rings. The topological polar surface area (TPSA) is 16.1 Å². The highest BCUT2D eigenvalue weighted by Crippen LogP contribution is 2.60. The molecule has 0 bridgehead atoms. The Balaban J connectivity index is 0.972. The largest absolute Gasteiger partial charge is 0.310 e. The van der Waals surface area contributed by atoms with Gasteiger partial charge >= 0.3 is 0 Å². The van der Waals surface area contributed by atoms with E-state index >= 15 is 0 Å². The van der Waals surface area contributed by atoms with Gasteiger partial charge in [0.2, 0.25) is 0 Å². The van der Waals surface area contributed by atoms with E-state index in [2.05, 4.69) is 190 Å². The smallest absolute Gasteiger partial charge is 0.0780 e. The number of fused-ring (bicyclic) bond motifs is 10. The fraction of sp³-hybridized carbons (Fsp3) is 0.0862. The summed E-state index contributed by atoms with van der Waals surface area (Å²) in [4.78, 5) is 7.26. The van der Waals surface area contributed by atoms with E-state index in [-0.39, 0.29) is 5.41 Å². The maximum atomic E-state index is 4.83. The van der Waals surface area contributed by atoms with Crippen molar-refractivity contribution in [3.63, 3.8) is 0 Å². The fourth-order valence-corrected chi connectivity index (χ4v) is 11.0. The average Bonchev–Trinajstić information content (AvgIpc) is 3.85. The molecular formula is C58H40N2. The summed E-state index contributed by atoms with van der Waals surface area (Å²) in [5.74, 6) is 0. The van der Waals surface area contributed by atoms with Crippen molar-refractivity contribution in [2.45, 2.75) is 33.1 Å². The number of hydrogen-bond acceptors (Lipinski definition) is 2. The van der Waals surface area contributed by atoms with Gasteiger partial charge in [-0.2, -0.15) is 0 Å². The minimum Gasteiger partial charge on any atom is -0.310 e. The molecule has 1 heterocycles. The van der Waals surface area contributed by atoms with Crippen LogP contribution in [0.5, 0.6) is 0 Å². The number of para-hydroxylation sites is 1. The minimum atomic E-state index is -0.168. The Labute approximate surface area is 350 Å². The highest BCUT2D eigenvalue weighted by Gasteiger charge is 2.40. The number of rotatable bonds is 4. The Hall–Kier alpha value is -7.29. The first kappa shape index (κ1) is 33.7. The van der Waals surface area contributed by atoms with Gasteiger partial charge in [0, 0.05) is 39.3 Å². The molecule has 13 rings (SSSR count). The molecule has 0 amide bonds. The summed E-state index contributed by atoms with van der Waals surface area (Å²) in [5.41, 5.74) is 25.4. The lowest BCUT2D eigenvalue weighted by atomic mass is 9.80. The molecule has 0 radical (unpaired) electrons. The van der Waals surface area contributed by atoms with Gasteiger partial charge in [0.1, 0.15) is 0 Å². The van der Waals surface area contributed by atoms with Gasteiger partial charge in [-0.15, -0.1) is 0 Å². The second kappa shape index (κ2) is 11.9. The summed E-state index contributed by atoms with van der Waals surface area (Å²) in [5, 5.41) is 6.40. The first-order chi connectivity index (χ1) is 29.3. The third-order valence-corrected chi connectivity index (χ3v) is 13.9. The first-order valence-corrected chi connectivity index (χ1v) is 21.1. The summed E-state index contributed by atoms with van der Waals surface area (Å²) in [6, 6.07) is 61.8. The van der Waals surface area contributed by atoms with Crippen LogP contribution in [0.4, 0.5) is 17.1 Å². The molecule has 2 nitrogen and oxygen atoms in total. The number of benzene rings is 9. The molecule has 0 fully saturated rings. The summed E-state index contributed by atoms with van der Waals surface area (Å²) < 4.78 is 0. The van der Waals surface area contributed by atoms with E-state index in [1.54, 1.807) is 0 Å². The average molecular weight is 765 g/mol. The first-order valence-electron chi connectivity index (χ1n) is 21.1. The molecule has 9 aromatic carbocycles. The number of nitrogens with zero attached hydrogens (tertiary/aromatic N) is 2. The maximum absolute atomic E-state index is 4.83. The van der Waals surface area contributed by atoms with Crippen LogP contribution in [0.3, 0.4) is 0 Å². The van der Waals surface area contributed by atoms with Crippen molar-refractivity contribution in [3.8, 4) is 66.8 Å². The lowest BCUT2D eigenvalue weighted by molar-refractivity contribution is 0.661. The molecule has 0 saturated heterocycles. The zero-order chi connectivity index (χ0) is 40.0. The van der Waals surface area contributed by atoms with Crippen molar-refractivity contribution >= 4 is 49.5 Å². The van der Waals surface area contributed by atoms with E-state index in [9.17, 15) is 0 Å². The molecule has 0 saturated carbocycles. The lowest BCUT2D eigenvalue weighted by Gasteiger charge is -2.27. The van der Waals surface area contributed by atoms with Crippen LogP contribution in [-0.2, 0) is 5.41 Å². The van der Waals surface area contributed by atoms with Crippen molar-refractivity contribution in [2.75, 3.05) is 4.90 Å². The molecule has 0 atom stereocenters. The number of aromatic nitrogens is 1. The highest BCUT2D eigenvalue weighted by atomic mass is 15.1. The van der Waals surface area contributed by atoms with Crippen molar-refractivity contribution in [3.05, 3.63) is 192 Å².